The first-order valence-corrected chi connectivity index (χ1v) is 5.29. The zero-order valence-corrected chi connectivity index (χ0v) is 10.1. The van der Waals surface area contributed by atoms with E-state index >= 15 is 0 Å². The predicted molar refractivity (Wildman–Crippen MR) is 64.9 cm³/mol. The molecule has 0 fully saturated rings. The number of rotatable bonds is 3. The summed E-state index contributed by atoms with van der Waals surface area (Å²) in [6.45, 7) is 6.20. The summed E-state index contributed by atoms with van der Waals surface area (Å²) in [6.07, 6.45) is 0.246. The van der Waals surface area contributed by atoms with Gasteiger partial charge >= 0.3 is 0 Å². The minimum atomic E-state index is -0.419. The average Bonchev–Trinajstić information content (AvgIpc) is 2.34. The number of para-hydroxylation sites is 1. The van der Waals surface area contributed by atoms with Crippen LogP contribution in [0.1, 0.15) is 27.2 Å². The lowest BCUT2D eigenvalue weighted by Crippen LogP contribution is -2.21. The Bertz CT molecular complexity index is 239. The monoisotopic (exact) mass is 227 g/mol. The summed E-state index contributed by atoms with van der Waals surface area (Å²) in [6, 6.07) is 8.71. The maximum Gasteiger partial charge on any atom is 0.294 e. The summed E-state index contributed by atoms with van der Waals surface area (Å²) in [4.78, 5) is 9.47. The van der Waals surface area contributed by atoms with Gasteiger partial charge in [0.25, 0.3) is 6.47 Å². The third-order valence-electron chi connectivity index (χ3n) is 1.39. The molecule has 0 aliphatic rings. The van der Waals surface area contributed by atoms with Gasteiger partial charge in [0.15, 0.2) is 0 Å². The molecule has 0 spiro atoms. The molecule has 3 N–H and O–H groups in total. The molecule has 0 radical (unpaired) electrons. The van der Waals surface area contributed by atoms with E-state index in [1.165, 1.54) is 0 Å². The SMILES string of the molecule is CC.CCC(N)OC=O.Oc1ccccc1. The van der Waals surface area contributed by atoms with Gasteiger partial charge in [-0.05, 0) is 18.6 Å². The summed E-state index contributed by atoms with van der Waals surface area (Å²) in [5, 5.41) is 8.63. The second-order valence-corrected chi connectivity index (χ2v) is 2.51. The summed E-state index contributed by atoms with van der Waals surface area (Å²) in [5.74, 6) is 0.322. The van der Waals surface area contributed by atoms with Crippen molar-refractivity contribution in [2.24, 2.45) is 5.73 Å². The molecule has 92 valence electrons. The Labute approximate surface area is 97.0 Å². The number of ether oxygens (including phenoxy) is 1. The summed E-state index contributed by atoms with van der Waals surface area (Å²) in [7, 11) is 0. The van der Waals surface area contributed by atoms with Crippen molar-refractivity contribution < 1.29 is 14.6 Å². The lowest BCUT2D eigenvalue weighted by molar-refractivity contribution is -0.133. The third-order valence-corrected chi connectivity index (χ3v) is 1.39. The fraction of sp³-hybridized carbons (Fsp3) is 0.417. The van der Waals surface area contributed by atoms with Crippen molar-refractivity contribution in [3.63, 3.8) is 0 Å². The minimum Gasteiger partial charge on any atom is -0.508 e. The van der Waals surface area contributed by atoms with Crippen LogP contribution in [0.2, 0.25) is 0 Å². The summed E-state index contributed by atoms with van der Waals surface area (Å²) in [5.41, 5.74) is 5.13. The van der Waals surface area contributed by atoms with E-state index in [1.54, 1.807) is 24.3 Å². The van der Waals surface area contributed by atoms with E-state index in [9.17, 15) is 4.79 Å². The standard InChI is InChI=1S/C6H6O.C4H9NO2.C2H6/c7-6-4-2-1-3-5-6;1-2-4(5)7-3-6;1-2/h1-5,7H;3-4H,2,5H2,1H3;1-2H3. The Morgan fingerprint density at radius 1 is 1.38 bits per heavy atom. The highest BCUT2D eigenvalue weighted by molar-refractivity contribution is 5.37. The number of nitrogens with two attached hydrogens (primary N) is 1. The van der Waals surface area contributed by atoms with Crippen LogP contribution in [0, 0.1) is 0 Å². The van der Waals surface area contributed by atoms with Crippen LogP contribution >= 0.6 is 0 Å². The summed E-state index contributed by atoms with van der Waals surface area (Å²) < 4.78 is 4.29. The number of hydrogen-bond donors (Lipinski definition) is 2. The molecular formula is C12H21NO3. The highest BCUT2D eigenvalue weighted by Crippen LogP contribution is 2.02. The van der Waals surface area contributed by atoms with Gasteiger partial charge in [0.05, 0.1) is 0 Å². The van der Waals surface area contributed by atoms with Gasteiger partial charge in [-0.2, -0.15) is 0 Å². The average molecular weight is 227 g/mol. The molecule has 0 heterocycles. The van der Waals surface area contributed by atoms with E-state index in [0.29, 0.717) is 18.6 Å². The molecule has 1 atom stereocenters. The largest absolute Gasteiger partial charge is 0.508 e. The van der Waals surface area contributed by atoms with Crippen LogP contribution in [0.5, 0.6) is 5.75 Å². The van der Waals surface area contributed by atoms with Gasteiger partial charge in [0.1, 0.15) is 12.0 Å². The van der Waals surface area contributed by atoms with Crippen molar-refractivity contribution >= 4 is 6.47 Å². The maximum atomic E-state index is 9.47. The van der Waals surface area contributed by atoms with Crippen molar-refractivity contribution in [1.29, 1.82) is 0 Å². The quantitative estimate of drug-likeness (QED) is 0.613. The molecule has 1 aromatic rings. The molecule has 0 bridgehead atoms. The van der Waals surface area contributed by atoms with Crippen LogP contribution in [-0.4, -0.2) is 17.8 Å². The fourth-order valence-electron chi connectivity index (χ4n) is 0.596. The van der Waals surface area contributed by atoms with Gasteiger partial charge in [-0.15, -0.1) is 0 Å². The Morgan fingerprint density at radius 3 is 2.06 bits per heavy atom. The fourth-order valence-corrected chi connectivity index (χ4v) is 0.596. The van der Waals surface area contributed by atoms with Crippen LogP contribution in [0.25, 0.3) is 0 Å². The number of carbonyl (C=O) groups is 1. The van der Waals surface area contributed by atoms with Gasteiger partial charge < -0.3 is 9.84 Å². The van der Waals surface area contributed by atoms with Crippen molar-refractivity contribution in [3.8, 4) is 5.75 Å². The Kier molecular flexibility index (Phi) is 14.2. The normalized spacial score (nSPS) is 9.75. The molecule has 1 aromatic carbocycles. The zero-order chi connectivity index (χ0) is 12.8. The number of phenols is 1. The molecule has 1 unspecified atom stereocenters. The molecule has 0 aliphatic carbocycles. The smallest absolute Gasteiger partial charge is 0.294 e. The van der Waals surface area contributed by atoms with E-state index in [4.69, 9.17) is 10.8 Å². The third kappa shape index (κ3) is 12.4. The highest BCUT2D eigenvalue weighted by Gasteiger charge is 1.92. The molecule has 0 aromatic heterocycles. The van der Waals surface area contributed by atoms with Crippen molar-refractivity contribution in [1.82, 2.24) is 0 Å². The lowest BCUT2D eigenvalue weighted by Gasteiger charge is -2.02. The Hall–Kier alpha value is -1.55. The van der Waals surface area contributed by atoms with Gasteiger partial charge in [0.2, 0.25) is 0 Å². The molecule has 0 saturated carbocycles. The van der Waals surface area contributed by atoms with Crippen molar-refractivity contribution in [2.75, 3.05) is 0 Å². The first-order valence-electron chi connectivity index (χ1n) is 5.29. The van der Waals surface area contributed by atoms with Crippen LogP contribution in [0.4, 0.5) is 0 Å². The van der Waals surface area contributed by atoms with Gasteiger partial charge in [0, 0.05) is 0 Å². The first-order chi connectivity index (χ1) is 7.70. The van der Waals surface area contributed by atoms with E-state index in [0.717, 1.165) is 0 Å². The minimum absolute atomic E-state index is 0.322. The highest BCUT2D eigenvalue weighted by atomic mass is 16.5. The van der Waals surface area contributed by atoms with E-state index in [2.05, 4.69) is 4.74 Å². The Morgan fingerprint density at radius 2 is 1.88 bits per heavy atom. The van der Waals surface area contributed by atoms with Crippen molar-refractivity contribution in [3.05, 3.63) is 30.3 Å². The van der Waals surface area contributed by atoms with Gasteiger partial charge in [-0.25, -0.2) is 0 Å². The maximum absolute atomic E-state index is 9.47. The second kappa shape index (κ2) is 13.4. The van der Waals surface area contributed by atoms with Crippen LogP contribution in [0.15, 0.2) is 30.3 Å². The molecule has 0 aliphatic heterocycles. The van der Waals surface area contributed by atoms with Crippen LogP contribution in [0.3, 0.4) is 0 Å². The van der Waals surface area contributed by atoms with Crippen LogP contribution < -0.4 is 5.73 Å². The molecule has 4 nitrogen and oxygen atoms in total. The molecular weight excluding hydrogens is 206 g/mol. The summed E-state index contributed by atoms with van der Waals surface area (Å²) >= 11 is 0. The molecule has 4 heteroatoms. The lowest BCUT2D eigenvalue weighted by atomic mass is 10.3. The van der Waals surface area contributed by atoms with E-state index in [-0.39, 0.29) is 0 Å². The van der Waals surface area contributed by atoms with Gasteiger partial charge in [-0.3, -0.25) is 10.5 Å². The number of phenolic OH excluding ortho intramolecular Hbond substituents is 1. The predicted octanol–water partition coefficient (Wildman–Crippen LogP) is 2.27. The van der Waals surface area contributed by atoms with E-state index in [1.807, 2.05) is 26.8 Å². The van der Waals surface area contributed by atoms with Gasteiger partial charge in [-0.1, -0.05) is 39.0 Å². The number of benzene rings is 1. The van der Waals surface area contributed by atoms with Crippen LogP contribution in [-0.2, 0) is 9.53 Å². The second-order valence-electron chi connectivity index (χ2n) is 2.51. The van der Waals surface area contributed by atoms with E-state index < -0.39 is 6.23 Å². The number of hydrogen-bond acceptors (Lipinski definition) is 4. The number of carbonyl (C=O) groups excluding carboxylic acids is 1. The number of aromatic hydroxyl groups is 1. The Balaban J connectivity index is 0. The molecule has 0 saturated heterocycles. The molecule has 1 rings (SSSR count). The topological polar surface area (TPSA) is 72.5 Å². The molecule has 16 heavy (non-hydrogen) atoms. The van der Waals surface area contributed by atoms with Crippen molar-refractivity contribution in [2.45, 2.75) is 33.4 Å². The zero-order valence-electron chi connectivity index (χ0n) is 10.1. The first kappa shape index (κ1) is 16.9. The molecule has 0 amide bonds.